The second kappa shape index (κ2) is 5.31. The fourth-order valence-electron chi connectivity index (χ4n) is 2.87. The molecule has 2 amide bonds. The van der Waals surface area contributed by atoms with Crippen LogP contribution in [-0.4, -0.2) is 43.3 Å². The van der Waals surface area contributed by atoms with E-state index in [0.717, 1.165) is 45.4 Å². The lowest BCUT2D eigenvalue weighted by Gasteiger charge is -2.29. The van der Waals surface area contributed by atoms with Gasteiger partial charge in [-0.15, -0.1) is 0 Å². The fourth-order valence-corrected chi connectivity index (χ4v) is 2.87. The van der Waals surface area contributed by atoms with Gasteiger partial charge in [0.2, 0.25) is 0 Å². The molecule has 2 aliphatic heterocycles. The molecule has 0 radical (unpaired) electrons. The second-order valence-electron chi connectivity index (χ2n) is 5.52. The molecule has 0 aromatic rings. The van der Waals surface area contributed by atoms with E-state index in [4.69, 9.17) is 4.74 Å². The van der Waals surface area contributed by atoms with Gasteiger partial charge in [-0.1, -0.05) is 11.1 Å². The molecule has 3 aliphatic rings. The summed E-state index contributed by atoms with van der Waals surface area (Å²) in [4.78, 5) is 13.9. The van der Waals surface area contributed by atoms with Crippen LogP contribution in [-0.2, 0) is 4.74 Å². The number of amides is 2. The molecule has 0 aromatic heterocycles. The summed E-state index contributed by atoms with van der Waals surface area (Å²) in [5.74, 6) is 0. The van der Waals surface area contributed by atoms with Crippen molar-refractivity contribution in [2.45, 2.75) is 44.6 Å². The number of urea groups is 1. The number of carbonyl (C=O) groups is 1. The maximum atomic E-state index is 12.0. The van der Waals surface area contributed by atoms with E-state index in [9.17, 15) is 4.79 Å². The highest BCUT2D eigenvalue weighted by molar-refractivity contribution is 5.74. The zero-order valence-corrected chi connectivity index (χ0v) is 10.9. The predicted molar refractivity (Wildman–Crippen MR) is 69.4 cm³/mol. The monoisotopic (exact) mass is 250 g/mol. The van der Waals surface area contributed by atoms with Crippen LogP contribution >= 0.6 is 0 Å². The summed E-state index contributed by atoms with van der Waals surface area (Å²) in [5.41, 5.74) is 3.28. The number of piperidine rings is 1. The van der Waals surface area contributed by atoms with Crippen LogP contribution in [0, 0.1) is 0 Å². The van der Waals surface area contributed by atoms with Crippen molar-refractivity contribution in [2.24, 2.45) is 0 Å². The number of hydrogen-bond donors (Lipinski definition) is 1. The smallest absolute Gasteiger partial charge is 0.317 e. The Morgan fingerprint density at radius 1 is 1.22 bits per heavy atom. The second-order valence-corrected chi connectivity index (χ2v) is 5.52. The Balaban J connectivity index is 1.41. The Labute approximate surface area is 108 Å². The molecule has 100 valence electrons. The standard InChI is InChI=1S/C14H22N2O2/c17-14(15-10-13-2-1-9-18-13)16-7-5-12(6-8-16)11-3-4-11/h13H,1-10H2,(H,15,17). The Kier molecular flexibility index (Phi) is 3.55. The molecule has 1 aliphatic carbocycles. The van der Waals surface area contributed by atoms with Crippen LogP contribution < -0.4 is 5.32 Å². The van der Waals surface area contributed by atoms with Crippen LogP contribution in [0.3, 0.4) is 0 Å². The number of ether oxygens (including phenoxy) is 1. The van der Waals surface area contributed by atoms with Crippen LogP contribution in [0.25, 0.3) is 0 Å². The number of hydrogen-bond acceptors (Lipinski definition) is 2. The van der Waals surface area contributed by atoms with Gasteiger partial charge in [0.15, 0.2) is 0 Å². The van der Waals surface area contributed by atoms with Gasteiger partial charge >= 0.3 is 6.03 Å². The molecule has 2 heterocycles. The largest absolute Gasteiger partial charge is 0.376 e. The van der Waals surface area contributed by atoms with Crippen molar-refractivity contribution >= 4 is 6.03 Å². The molecule has 1 saturated carbocycles. The van der Waals surface area contributed by atoms with Crippen LogP contribution in [0.2, 0.25) is 0 Å². The third kappa shape index (κ3) is 2.86. The van der Waals surface area contributed by atoms with Crippen LogP contribution in [0.4, 0.5) is 4.79 Å². The third-order valence-electron chi connectivity index (χ3n) is 4.16. The first kappa shape index (κ1) is 12.0. The molecule has 18 heavy (non-hydrogen) atoms. The number of likely N-dealkylation sites (tertiary alicyclic amines) is 1. The Bertz CT molecular complexity index is 343. The fraction of sp³-hybridized carbons (Fsp3) is 0.786. The van der Waals surface area contributed by atoms with Gasteiger partial charge in [0.25, 0.3) is 0 Å². The molecule has 3 fully saturated rings. The van der Waals surface area contributed by atoms with Crippen molar-refractivity contribution in [1.82, 2.24) is 10.2 Å². The first-order chi connectivity index (χ1) is 8.83. The van der Waals surface area contributed by atoms with Gasteiger partial charge in [0.1, 0.15) is 0 Å². The molecule has 4 heteroatoms. The van der Waals surface area contributed by atoms with E-state index in [2.05, 4.69) is 5.32 Å². The number of rotatable bonds is 2. The topological polar surface area (TPSA) is 41.6 Å². The maximum Gasteiger partial charge on any atom is 0.317 e. The van der Waals surface area contributed by atoms with Crippen LogP contribution in [0.15, 0.2) is 11.1 Å². The molecule has 1 N–H and O–H groups in total. The lowest BCUT2D eigenvalue weighted by atomic mass is 10.0. The lowest BCUT2D eigenvalue weighted by Crippen LogP contribution is -2.45. The first-order valence-corrected chi connectivity index (χ1v) is 7.17. The van der Waals surface area contributed by atoms with Gasteiger partial charge in [-0.2, -0.15) is 0 Å². The summed E-state index contributed by atoms with van der Waals surface area (Å²) in [6.45, 7) is 3.29. The van der Waals surface area contributed by atoms with Crippen LogP contribution in [0.5, 0.6) is 0 Å². The van der Waals surface area contributed by atoms with E-state index in [1.54, 1.807) is 11.1 Å². The summed E-state index contributed by atoms with van der Waals surface area (Å²) < 4.78 is 5.51. The first-order valence-electron chi connectivity index (χ1n) is 7.17. The van der Waals surface area contributed by atoms with Crippen molar-refractivity contribution in [3.63, 3.8) is 0 Å². The van der Waals surface area contributed by atoms with Crippen molar-refractivity contribution < 1.29 is 9.53 Å². The van der Waals surface area contributed by atoms with E-state index in [1.807, 2.05) is 4.90 Å². The molecule has 1 atom stereocenters. The number of nitrogens with zero attached hydrogens (tertiary/aromatic N) is 1. The average Bonchev–Trinajstić information content (AvgIpc) is 3.13. The average molecular weight is 250 g/mol. The van der Waals surface area contributed by atoms with Gasteiger partial charge in [0, 0.05) is 26.2 Å². The molecule has 4 nitrogen and oxygen atoms in total. The van der Waals surface area contributed by atoms with Gasteiger partial charge < -0.3 is 15.0 Å². The lowest BCUT2D eigenvalue weighted by molar-refractivity contribution is 0.108. The minimum absolute atomic E-state index is 0.0883. The minimum atomic E-state index is 0.0883. The normalized spacial score (nSPS) is 27.6. The Hall–Kier alpha value is -1.03. The Morgan fingerprint density at radius 3 is 2.56 bits per heavy atom. The van der Waals surface area contributed by atoms with Gasteiger partial charge in [-0.3, -0.25) is 0 Å². The summed E-state index contributed by atoms with van der Waals surface area (Å²) in [6, 6.07) is 0.0883. The van der Waals surface area contributed by atoms with E-state index in [-0.39, 0.29) is 12.1 Å². The van der Waals surface area contributed by atoms with E-state index < -0.39 is 0 Å². The molecular weight excluding hydrogens is 228 g/mol. The molecule has 0 bridgehead atoms. The van der Waals surface area contributed by atoms with Crippen LogP contribution in [0.1, 0.15) is 38.5 Å². The summed E-state index contributed by atoms with van der Waals surface area (Å²) in [7, 11) is 0. The predicted octanol–water partition coefficient (Wildman–Crippen LogP) is 2.06. The number of nitrogens with one attached hydrogen (secondary N) is 1. The zero-order chi connectivity index (χ0) is 12.4. The highest BCUT2D eigenvalue weighted by Gasteiger charge is 2.25. The SMILES string of the molecule is O=C(NCC1CCCO1)N1CCC(=C2CC2)CC1. The van der Waals surface area contributed by atoms with Crippen molar-refractivity contribution in [3.8, 4) is 0 Å². The summed E-state index contributed by atoms with van der Waals surface area (Å²) in [6.07, 6.45) is 7.23. The molecule has 2 saturated heterocycles. The molecule has 0 aromatic carbocycles. The van der Waals surface area contributed by atoms with Crippen molar-refractivity contribution in [2.75, 3.05) is 26.2 Å². The molecule has 3 rings (SSSR count). The molecule has 0 spiro atoms. The molecule has 1 unspecified atom stereocenters. The highest BCUT2D eigenvalue weighted by atomic mass is 16.5. The number of carbonyl (C=O) groups excluding carboxylic acids is 1. The van der Waals surface area contributed by atoms with Gasteiger partial charge in [0.05, 0.1) is 6.10 Å². The zero-order valence-electron chi connectivity index (χ0n) is 10.9. The third-order valence-corrected chi connectivity index (χ3v) is 4.16. The van der Waals surface area contributed by atoms with Gasteiger partial charge in [-0.05, 0) is 38.5 Å². The number of allylic oxidation sites excluding steroid dienone is 1. The van der Waals surface area contributed by atoms with E-state index >= 15 is 0 Å². The Morgan fingerprint density at radius 2 is 1.94 bits per heavy atom. The van der Waals surface area contributed by atoms with Gasteiger partial charge in [-0.25, -0.2) is 4.79 Å². The maximum absolute atomic E-state index is 12.0. The van der Waals surface area contributed by atoms with E-state index in [1.165, 1.54) is 12.8 Å². The van der Waals surface area contributed by atoms with E-state index in [0.29, 0.717) is 6.54 Å². The minimum Gasteiger partial charge on any atom is -0.376 e. The highest BCUT2D eigenvalue weighted by Crippen LogP contribution is 2.35. The molecular formula is C14H22N2O2. The quantitative estimate of drug-likeness (QED) is 0.762. The van der Waals surface area contributed by atoms with Crippen molar-refractivity contribution in [3.05, 3.63) is 11.1 Å². The summed E-state index contributed by atoms with van der Waals surface area (Å²) >= 11 is 0. The van der Waals surface area contributed by atoms with Crippen molar-refractivity contribution in [1.29, 1.82) is 0 Å². The summed E-state index contributed by atoms with van der Waals surface area (Å²) in [5, 5.41) is 3.00.